The van der Waals surface area contributed by atoms with E-state index in [1.807, 2.05) is 24.3 Å². The highest BCUT2D eigenvalue weighted by Gasteiger charge is 2.25. The van der Waals surface area contributed by atoms with Gasteiger partial charge in [0.15, 0.2) is 12.6 Å². The Morgan fingerprint density at radius 2 is 2.03 bits per heavy atom. The van der Waals surface area contributed by atoms with Gasteiger partial charge in [0.2, 0.25) is 5.91 Å². The summed E-state index contributed by atoms with van der Waals surface area (Å²) in [6, 6.07) is 7.64. The molecule has 8 nitrogen and oxygen atoms in total. The summed E-state index contributed by atoms with van der Waals surface area (Å²) in [5.41, 5.74) is 0.839. The van der Waals surface area contributed by atoms with E-state index < -0.39 is 0 Å². The van der Waals surface area contributed by atoms with E-state index in [4.69, 9.17) is 4.74 Å². The molecule has 0 saturated carbocycles. The highest BCUT2D eigenvalue weighted by Crippen LogP contribution is 2.31. The standard InChI is InChI=1S/C21H31N5O3/c1-22-19(27)14-16-8-12-25(13-9-16)21(23-2)24-10-5-11-26-17-6-3-4-7-18(17)29-15-20(26)28/h3-4,6-7,16H,5,8-15H2,1-2H3,(H,22,27)(H,23,24). The lowest BCUT2D eigenvalue weighted by Gasteiger charge is -2.34. The number of likely N-dealkylation sites (tertiary alicyclic amines) is 1. The number of aliphatic imine (C=N–C) groups is 1. The van der Waals surface area contributed by atoms with E-state index in [1.54, 1.807) is 19.0 Å². The van der Waals surface area contributed by atoms with Crippen molar-refractivity contribution in [2.75, 3.05) is 51.8 Å². The predicted molar refractivity (Wildman–Crippen MR) is 113 cm³/mol. The Morgan fingerprint density at radius 1 is 1.28 bits per heavy atom. The van der Waals surface area contributed by atoms with Crippen LogP contribution in [0.3, 0.4) is 0 Å². The fourth-order valence-electron chi connectivity index (χ4n) is 3.88. The van der Waals surface area contributed by atoms with Crippen molar-refractivity contribution in [3.63, 3.8) is 0 Å². The summed E-state index contributed by atoms with van der Waals surface area (Å²) in [5.74, 6) is 2.20. The number of hydrogen-bond donors (Lipinski definition) is 2. The summed E-state index contributed by atoms with van der Waals surface area (Å²) >= 11 is 0. The molecule has 1 aromatic carbocycles. The number of para-hydroxylation sites is 2. The minimum atomic E-state index is -0.00808. The van der Waals surface area contributed by atoms with Gasteiger partial charge in [0.1, 0.15) is 5.75 Å². The van der Waals surface area contributed by atoms with Crippen LogP contribution in [-0.2, 0) is 9.59 Å². The number of carbonyl (C=O) groups excluding carboxylic acids is 2. The number of carbonyl (C=O) groups is 2. The van der Waals surface area contributed by atoms with Crippen LogP contribution in [-0.4, -0.2) is 69.6 Å². The van der Waals surface area contributed by atoms with Gasteiger partial charge in [-0.05, 0) is 37.3 Å². The highest BCUT2D eigenvalue weighted by molar-refractivity contribution is 5.97. The average molecular weight is 402 g/mol. The van der Waals surface area contributed by atoms with Crippen molar-refractivity contribution in [3.05, 3.63) is 24.3 Å². The molecule has 0 atom stereocenters. The Morgan fingerprint density at radius 3 is 2.76 bits per heavy atom. The quantitative estimate of drug-likeness (QED) is 0.425. The zero-order valence-electron chi connectivity index (χ0n) is 17.3. The summed E-state index contributed by atoms with van der Waals surface area (Å²) in [6.07, 6.45) is 3.40. The number of hydrogen-bond acceptors (Lipinski definition) is 4. The summed E-state index contributed by atoms with van der Waals surface area (Å²) in [7, 11) is 3.48. The third-order valence-electron chi connectivity index (χ3n) is 5.53. The first-order valence-corrected chi connectivity index (χ1v) is 10.3. The molecule has 0 aliphatic carbocycles. The molecule has 2 amide bonds. The van der Waals surface area contributed by atoms with Crippen molar-refractivity contribution in [1.29, 1.82) is 0 Å². The Bertz CT molecular complexity index is 744. The second kappa shape index (κ2) is 10.1. The molecule has 0 aromatic heterocycles. The van der Waals surface area contributed by atoms with Crippen molar-refractivity contribution in [3.8, 4) is 5.75 Å². The number of benzene rings is 1. The molecule has 2 heterocycles. The number of ether oxygens (including phenoxy) is 1. The zero-order valence-corrected chi connectivity index (χ0v) is 17.3. The normalized spacial score (nSPS) is 17.6. The van der Waals surface area contributed by atoms with Crippen LogP contribution >= 0.6 is 0 Å². The van der Waals surface area contributed by atoms with Crippen LogP contribution in [0.15, 0.2) is 29.3 Å². The van der Waals surface area contributed by atoms with Crippen LogP contribution in [0.4, 0.5) is 5.69 Å². The monoisotopic (exact) mass is 401 g/mol. The van der Waals surface area contributed by atoms with Crippen LogP contribution in [0, 0.1) is 5.92 Å². The lowest BCUT2D eigenvalue weighted by Crippen LogP contribution is -2.47. The van der Waals surface area contributed by atoms with Gasteiger partial charge in [-0.1, -0.05) is 12.1 Å². The van der Waals surface area contributed by atoms with E-state index in [-0.39, 0.29) is 18.4 Å². The van der Waals surface area contributed by atoms with Crippen LogP contribution < -0.4 is 20.3 Å². The first kappa shape index (κ1) is 21.0. The van der Waals surface area contributed by atoms with E-state index in [0.717, 1.165) is 56.3 Å². The van der Waals surface area contributed by atoms with Gasteiger partial charge in [-0.2, -0.15) is 0 Å². The first-order valence-electron chi connectivity index (χ1n) is 10.3. The molecular weight excluding hydrogens is 370 g/mol. The first-order chi connectivity index (χ1) is 14.1. The molecule has 1 saturated heterocycles. The summed E-state index contributed by atoms with van der Waals surface area (Å²) in [4.78, 5) is 32.2. The molecule has 2 aliphatic rings. The van der Waals surface area contributed by atoms with Crippen molar-refractivity contribution in [2.24, 2.45) is 10.9 Å². The van der Waals surface area contributed by atoms with E-state index in [1.165, 1.54) is 0 Å². The molecule has 1 aromatic rings. The number of piperidine rings is 1. The van der Waals surface area contributed by atoms with Crippen molar-refractivity contribution < 1.29 is 14.3 Å². The molecule has 0 spiro atoms. The van der Waals surface area contributed by atoms with Crippen molar-refractivity contribution >= 4 is 23.5 Å². The molecule has 3 rings (SSSR count). The van der Waals surface area contributed by atoms with Gasteiger partial charge in [-0.3, -0.25) is 14.6 Å². The Hall–Kier alpha value is -2.77. The molecule has 2 aliphatic heterocycles. The molecular formula is C21H31N5O3. The number of nitrogens with one attached hydrogen (secondary N) is 2. The summed E-state index contributed by atoms with van der Waals surface area (Å²) in [5, 5.41) is 6.12. The van der Waals surface area contributed by atoms with E-state index in [0.29, 0.717) is 18.9 Å². The largest absolute Gasteiger partial charge is 0.482 e. The molecule has 0 radical (unpaired) electrons. The number of amides is 2. The smallest absolute Gasteiger partial charge is 0.265 e. The minimum Gasteiger partial charge on any atom is -0.482 e. The topological polar surface area (TPSA) is 86.3 Å². The SMILES string of the molecule is CN=C(NCCCN1C(=O)COc2ccccc21)N1CCC(CC(=O)NC)CC1. The van der Waals surface area contributed by atoms with Gasteiger partial charge < -0.3 is 25.2 Å². The lowest BCUT2D eigenvalue weighted by atomic mass is 9.93. The van der Waals surface area contributed by atoms with Crippen LogP contribution in [0.25, 0.3) is 0 Å². The fourth-order valence-corrected chi connectivity index (χ4v) is 3.88. The second-order valence-corrected chi connectivity index (χ2v) is 7.44. The predicted octanol–water partition coefficient (Wildman–Crippen LogP) is 1.23. The molecule has 8 heteroatoms. The Labute approximate surface area is 172 Å². The zero-order chi connectivity index (χ0) is 20.6. The van der Waals surface area contributed by atoms with Gasteiger partial charge in [0.05, 0.1) is 5.69 Å². The third kappa shape index (κ3) is 5.40. The lowest BCUT2D eigenvalue weighted by molar-refractivity contribution is -0.122. The molecule has 2 N–H and O–H groups in total. The van der Waals surface area contributed by atoms with Crippen LogP contribution in [0.1, 0.15) is 25.7 Å². The van der Waals surface area contributed by atoms with E-state index >= 15 is 0 Å². The molecule has 0 unspecified atom stereocenters. The molecule has 29 heavy (non-hydrogen) atoms. The van der Waals surface area contributed by atoms with E-state index in [9.17, 15) is 9.59 Å². The van der Waals surface area contributed by atoms with Crippen molar-refractivity contribution in [1.82, 2.24) is 15.5 Å². The maximum Gasteiger partial charge on any atom is 0.265 e. The minimum absolute atomic E-state index is 0.00808. The number of anilines is 1. The maximum absolute atomic E-state index is 12.2. The number of fused-ring (bicyclic) bond motifs is 1. The van der Waals surface area contributed by atoms with Gasteiger partial charge in [0.25, 0.3) is 5.91 Å². The molecule has 0 bridgehead atoms. The Kier molecular flexibility index (Phi) is 7.32. The number of rotatable bonds is 6. The summed E-state index contributed by atoms with van der Waals surface area (Å²) in [6.45, 7) is 3.26. The van der Waals surface area contributed by atoms with Gasteiger partial charge in [-0.25, -0.2) is 0 Å². The number of guanidine groups is 1. The van der Waals surface area contributed by atoms with Gasteiger partial charge >= 0.3 is 0 Å². The maximum atomic E-state index is 12.2. The van der Waals surface area contributed by atoms with Crippen LogP contribution in [0.5, 0.6) is 5.75 Å². The number of nitrogens with zero attached hydrogens (tertiary/aromatic N) is 3. The van der Waals surface area contributed by atoms with E-state index in [2.05, 4.69) is 20.5 Å². The highest BCUT2D eigenvalue weighted by atomic mass is 16.5. The average Bonchev–Trinajstić information content (AvgIpc) is 2.75. The van der Waals surface area contributed by atoms with Gasteiger partial charge in [0, 0.05) is 46.7 Å². The van der Waals surface area contributed by atoms with Crippen LogP contribution in [0.2, 0.25) is 0 Å². The fraction of sp³-hybridized carbons (Fsp3) is 0.571. The molecule has 158 valence electrons. The summed E-state index contributed by atoms with van der Waals surface area (Å²) < 4.78 is 5.49. The van der Waals surface area contributed by atoms with Crippen molar-refractivity contribution in [2.45, 2.75) is 25.7 Å². The second-order valence-electron chi connectivity index (χ2n) is 7.44. The van der Waals surface area contributed by atoms with Gasteiger partial charge in [-0.15, -0.1) is 0 Å². The molecule has 1 fully saturated rings. The third-order valence-corrected chi connectivity index (χ3v) is 5.53. The Balaban J connectivity index is 1.43.